The molecule has 3 rings (SSSR count). The third kappa shape index (κ3) is 3.02. The molecule has 2 aromatic rings. The number of hydrogen-bond donors (Lipinski definition) is 0. The van der Waals surface area contributed by atoms with E-state index in [0.29, 0.717) is 5.92 Å². The zero-order valence-electron chi connectivity index (χ0n) is 12.3. The second kappa shape index (κ2) is 6.02. The van der Waals surface area contributed by atoms with E-state index in [1.165, 1.54) is 26.0 Å². The first kappa shape index (κ1) is 14.3. The van der Waals surface area contributed by atoms with Crippen molar-refractivity contribution in [2.24, 2.45) is 5.92 Å². The van der Waals surface area contributed by atoms with Crippen molar-refractivity contribution in [3.05, 3.63) is 29.4 Å². The first-order valence-electron chi connectivity index (χ1n) is 7.22. The van der Waals surface area contributed by atoms with Gasteiger partial charge in [0.15, 0.2) is 16.7 Å². The van der Waals surface area contributed by atoms with Crippen LogP contribution in [0.2, 0.25) is 0 Å². The zero-order valence-corrected chi connectivity index (χ0v) is 13.1. The molecule has 112 valence electrons. The first-order chi connectivity index (χ1) is 10.2. The Labute approximate surface area is 128 Å². The maximum Gasteiger partial charge on any atom is 0.185 e. The molecule has 1 unspecified atom stereocenters. The van der Waals surface area contributed by atoms with Crippen molar-refractivity contribution in [2.45, 2.75) is 19.8 Å². The normalized spacial score (nSPS) is 18.8. The lowest BCUT2D eigenvalue weighted by Gasteiger charge is -2.30. The Morgan fingerprint density at radius 2 is 2.29 bits per heavy atom. The minimum Gasteiger partial charge on any atom is -0.494 e. The van der Waals surface area contributed by atoms with Gasteiger partial charge in [0.2, 0.25) is 0 Å². The zero-order chi connectivity index (χ0) is 14.8. The highest BCUT2D eigenvalue weighted by Gasteiger charge is 2.19. The number of piperidine rings is 1. The van der Waals surface area contributed by atoms with Gasteiger partial charge in [-0.15, -0.1) is 11.3 Å². The van der Waals surface area contributed by atoms with Crippen molar-refractivity contribution in [3.8, 4) is 17.0 Å². The summed E-state index contributed by atoms with van der Waals surface area (Å²) in [5, 5.41) is 3.03. The molecule has 0 bridgehead atoms. The van der Waals surface area contributed by atoms with Crippen LogP contribution in [0.3, 0.4) is 0 Å². The molecule has 1 atom stereocenters. The Hall–Kier alpha value is -1.62. The highest BCUT2D eigenvalue weighted by Crippen LogP contribution is 2.31. The third-order valence-electron chi connectivity index (χ3n) is 3.87. The molecule has 1 saturated heterocycles. The standard InChI is InChI=1S/C16H19FN2OS/c1-11-4-3-7-19(9-11)16-18-14(10-21-16)12-5-6-15(20-2)13(17)8-12/h5-6,8,10-11H,3-4,7,9H2,1-2H3. The maximum atomic E-state index is 13.8. The topological polar surface area (TPSA) is 25.4 Å². The number of benzene rings is 1. The van der Waals surface area contributed by atoms with E-state index in [0.717, 1.165) is 29.5 Å². The van der Waals surface area contributed by atoms with Crippen LogP contribution in [0.25, 0.3) is 11.3 Å². The Bertz CT molecular complexity index is 628. The molecule has 0 amide bonds. The molecule has 1 aliphatic rings. The first-order valence-corrected chi connectivity index (χ1v) is 8.09. The fourth-order valence-corrected chi connectivity index (χ4v) is 3.60. The Morgan fingerprint density at radius 1 is 1.43 bits per heavy atom. The van der Waals surface area contributed by atoms with Crippen LogP contribution in [0.1, 0.15) is 19.8 Å². The molecule has 1 aromatic heterocycles. The van der Waals surface area contributed by atoms with Gasteiger partial charge in [-0.3, -0.25) is 0 Å². The Kier molecular flexibility index (Phi) is 4.10. The van der Waals surface area contributed by atoms with E-state index in [1.54, 1.807) is 17.4 Å². The summed E-state index contributed by atoms with van der Waals surface area (Å²) in [5.74, 6) is 0.625. The van der Waals surface area contributed by atoms with Crippen LogP contribution in [0, 0.1) is 11.7 Å². The van der Waals surface area contributed by atoms with E-state index in [1.807, 2.05) is 11.4 Å². The number of hydrogen-bond acceptors (Lipinski definition) is 4. The van der Waals surface area contributed by atoms with Gasteiger partial charge in [0, 0.05) is 24.0 Å². The van der Waals surface area contributed by atoms with E-state index in [9.17, 15) is 4.39 Å². The number of aromatic nitrogens is 1. The second-order valence-corrected chi connectivity index (χ2v) is 6.39. The lowest BCUT2D eigenvalue weighted by Crippen LogP contribution is -2.34. The van der Waals surface area contributed by atoms with Gasteiger partial charge in [-0.2, -0.15) is 0 Å². The summed E-state index contributed by atoms with van der Waals surface area (Å²) >= 11 is 1.63. The van der Waals surface area contributed by atoms with E-state index < -0.39 is 0 Å². The molecule has 1 aromatic carbocycles. The van der Waals surface area contributed by atoms with E-state index in [2.05, 4.69) is 16.8 Å². The minimum absolute atomic E-state index is 0.263. The molecular formula is C16H19FN2OS. The molecule has 2 heterocycles. The van der Waals surface area contributed by atoms with Gasteiger partial charge in [0.05, 0.1) is 12.8 Å². The molecule has 1 aliphatic heterocycles. The van der Waals surface area contributed by atoms with Gasteiger partial charge < -0.3 is 9.64 Å². The second-order valence-electron chi connectivity index (χ2n) is 5.56. The summed E-state index contributed by atoms with van der Waals surface area (Å²) in [6, 6.07) is 4.97. The highest BCUT2D eigenvalue weighted by molar-refractivity contribution is 7.14. The van der Waals surface area contributed by atoms with Crippen molar-refractivity contribution < 1.29 is 9.13 Å². The fraction of sp³-hybridized carbons (Fsp3) is 0.438. The van der Waals surface area contributed by atoms with Crippen LogP contribution in [0.15, 0.2) is 23.6 Å². The number of thiazole rings is 1. The average molecular weight is 306 g/mol. The van der Waals surface area contributed by atoms with Crippen LogP contribution >= 0.6 is 11.3 Å². The van der Waals surface area contributed by atoms with E-state index >= 15 is 0 Å². The van der Waals surface area contributed by atoms with Gasteiger partial charge in [-0.05, 0) is 37.0 Å². The SMILES string of the molecule is COc1ccc(-c2csc(N3CCCC(C)C3)n2)cc1F. The quantitative estimate of drug-likeness (QED) is 0.850. The molecule has 1 fully saturated rings. The summed E-state index contributed by atoms with van der Waals surface area (Å²) in [6.45, 7) is 4.40. The summed E-state index contributed by atoms with van der Waals surface area (Å²) < 4.78 is 18.7. The van der Waals surface area contributed by atoms with Gasteiger partial charge in [-0.1, -0.05) is 6.92 Å². The number of anilines is 1. The lowest BCUT2D eigenvalue weighted by molar-refractivity contribution is 0.386. The largest absolute Gasteiger partial charge is 0.494 e. The smallest absolute Gasteiger partial charge is 0.185 e. The monoisotopic (exact) mass is 306 g/mol. The molecule has 0 spiro atoms. The van der Waals surface area contributed by atoms with Crippen LogP contribution in [-0.4, -0.2) is 25.2 Å². The lowest BCUT2D eigenvalue weighted by atomic mass is 10.0. The van der Waals surface area contributed by atoms with Crippen molar-refractivity contribution in [1.29, 1.82) is 0 Å². The molecule has 5 heteroatoms. The van der Waals surface area contributed by atoms with Gasteiger partial charge in [0.1, 0.15) is 0 Å². The van der Waals surface area contributed by atoms with Crippen LogP contribution in [-0.2, 0) is 0 Å². The summed E-state index contributed by atoms with van der Waals surface area (Å²) in [7, 11) is 1.47. The minimum atomic E-state index is -0.351. The average Bonchev–Trinajstić information content (AvgIpc) is 2.97. The van der Waals surface area contributed by atoms with Crippen LogP contribution in [0.5, 0.6) is 5.75 Å². The van der Waals surface area contributed by atoms with Crippen molar-refractivity contribution >= 4 is 16.5 Å². The highest BCUT2D eigenvalue weighted by atomic mass is 32.1. The van der Waals surface area contributed by atoms with E-state index in [4.69, 9.17) is 4.74 Å². The predicted molar refractivity (Wildman–Crippen MR) is 84.7 cm³/mol. The van der Waals surface area contributed by atoms with Crippen molar-refractivity contribution in [2.75, 3.05) is 25.1 Å². The molecular weight excluding hydrogens is 287 g/mol. The van der Waals surface area contributed by atoms with Crippen LogP contribution < -0.4 is 9.64 Å². The number of halogens is 1. The summed E-state index contributed by atoms with van der Waals surface area (Å²) in [6.07, 6.45) is 2.51. The van der Waals surface area contributed by atoms with E-state index in [-0.39, 0.29) is 11.6 Å². The Balaban J connectivity index is 1.82. The summed E-state index contributed by atoms with van der Waals surface area (Å²) in [4.78, 5) is 7.01. The predicted octanol–water partition coefficient (Wildman–Crippen LogP) is 4.19. The molecule has 0 aliphatic carbocycles. The third-order valence-corrected chi connectivity index (χ3v) is 4.77. The van der Waals surface area contributed by atoms with Crippen molar-refractivity contribution in [1.82, 2.24) is 4.98 Å². The molecule has 21 heavy (non-hydrogen) atoms. The molecule has 0 N–H and O–H groups in total. The Morgan fingerprint density at radius 3 is 3.00 bits per heavy atom. The van der Waals surface area contributed by atoms with Gasteiger partial charge in [0.25, 0.3) is 0 Å². The number of nitrogens with zero attached hydrogens (tertiary/aromatic N) is 2. The number of ether oxygens (including phenoxy) is 1. The fourth-order valence-electron chi connectivity index (χ4n) is 2.73. The molecule has 3 nitrogen and oxygen atoms in total. The molecule has 0 saturated carbocycles. The maximum absolute atomic E-state index is 13.8. The van der Waals surface area contributed by atoms with Gasteiger partial charge >= 0.3 is 0 Å². The van der Waals surface area contributed by atoms with Gasteiger partial charge in [-0.25, -0.2) is 9.37 Å². The summed E-state index contributed by atoms with van der Waals surface area (Å²) in [5.41, 5.74) is 1.62. The number of rotatable bonds is 3. The molecule has 0 radical (unpaired) electrons. The number of methoxy groups -OCH3 is 1. The van der Waals surface area contributed by atoms with Crippen LogP contribution in [0.4, 0.5) is 9.52 Å². The van der Waals surface area contributed by atoms with Crippen molar-refractivity contribution in [3.63, 3.8) is 0 Å².